The summed E-state index contributed by atoms with van der Waals surface area (Å²) in [4.78, 5) is 25.8. The van der Waals surface area contributed by atoms with Gasteiger partial charge in [0.05, 0.1) is 12.2 Å². The van der Waals surface area contributed by atoms with Gasteiger partial charge in [-0.15, -0.1) is 11.3 Å². The highest BCUT2D eigenvalue weighted by atomic mass is 32.1. The van der Waals surface area contributed by atoms with E-state index < -0.39 is 11.8 Å². The van der Waals surface area contributed by atoms with Crippen LogP contribution in [0.3, 0.4) is 0 Å². The summed E-state index contributed by atoms with van der Waals surface area (Å²) in [7, 11) is 0. The smallest absolute Gasteiger partial charge is 0.266 e. The molecule has 0 saturated heterocycles. The van der Waals surface area contributed by atoms with Crippen molar-refractivity contribution in [3.63, 3.8) is 0 Å². The fourth-order valence-electron chi connectivity index (χ4n) is 3.41. The molecule has 0 bridgehead atoms. The van der Waals surface area contributed by atoms with E-state index in [1.165, 1.54) is 17.4 Å². The van der Waals surface area contributed by atoms with Crippen molar-refractivity contribution in [1.82, 2.24) is 0 Å². The van der Waals surface area contributed by atoms with E-state index in [0.29, 0.717) is 28.7 Å². The first-order valence-corrected chi connectivity index (χ1v) is 10.3. The van der Waals surface area contributed by atoms with Gasteiger partial charge < -0.3 is 15.8 Å². The zero-order valence-electron chi connectivity index (χ0n) is 16.5. The Bertz CT molecular complexity index is 1000. The minimum Gasteiger partial charge on any atom is -0.494 e. The van der Waals surface area contributed by atoms with Crippen molar-refractivity contribution in [2.24, 2.45) is 11.7 Å². The molecule has 1 heterocycles. The third-order valence-corrected chi connectivity index (χ3v) is 6.02. The van der Waals surface area contributed by atoms with Crippen LogP contribution in [-0.2, 0) is 17.6 Å². The van der Waals surface area contributed by atoms with E-state index in [1.807, 2.05) is 13.0 Å². The molecular formula is C22H23N3O3S. The van der Waals surface area contributed by atoms with Crippen LogP contribution >= 0.6 is 11.3 Å². The standard InChI is InChI=1S/C22H23N3O3S/c1-3-28-16-7-5-14(6-8-16)11-15(12-23)21(27)25-22-19(20(24)26)17-9-4-13(2)10-18(17)29-22/h5-8,11,13H,3-4,9-10H2,1-2H3,(H2,24,26)(H,25,27)/b15-11+. The molecule has 1 aliphatic carbocycles. The Labute approximate surface area is 174 Å². The van der Waals surface area contributed by atoms with Crippen molar-refractivity contribution in [1.29, 1.82) is 5.26 Å². The predicted octanol–water partition coefficient (Wildman–Crippen LogP) is 3.92. The minimum atomic E-state index is -0.560. The summed E-state index contributed by atoms with van der Waals surface area (Å²) in [5.41, 5.74) is 7.55. The van der Waals surface area contributed by atoms with Gasteiger partial charge in [0.15, 0.2) is 0 Å². The van der Waals surface area contributed by atoms with E-state index in [-0.39, 0.29) is 5.57 Å². The maximum Gasteiger partial charge on any atom is 0.266 e. The molecule has 150 valence electrons. The number of ether oxygens (including phenoxy) is 1. The summed E-state index contributed by atoms with van der Waals surface area (Å²) in [5, 5.41) is 12.6. The summed E-state index contributed by atoms with van der Waals surface area (Å²) in [6, 6.07) is 9.04. The topological polar surface area (TPSA) is 105 Å². The van der Waals surface area contributed by atoms with Gasteiger partial charge in [0, 0.05) is 4.88 Å². The first-order chi connectivity index (χ1) is 13.9. The number of carbonyl (C=O) groups excluding carboxylic acids is 2. The van der Waals surface area contributed by atoms with Gasteiger partial charge in [-0.1, -0.05) is 19.1 Å². The number of hydrogen-bond donors (Lipinski definition) is 2. The number of nitrogens with one attached hydrogen (secondary N) is 1. The summed E-state index contributed by atoms with van der Waals surface area (Å²) in [6.07, 6.45) is 4.13. The number of fused-ring (bicyclic) bond motifs is 1. The van der Waals surface area contributed by atoms with E-state index >= 15 is 0 Å². The van der Waals surface area contributed by atoms with Crippen LogP contribution in [0.1, 0.15) is 46.6 Å². The number of rotatable bonds is 6. The number of anilines is 1. The molecule has 0 fully saturated rings. The maximum absolute atomic E-state index is 12.7. The van der Waals surface area contributed by atoms with Crippen LogP contribution < -0.4 is 15.8 Å². The molecule has 0 aliphatic heterocycles. The van der Waals surface area contributed by atoms with Crippen molar-refractivity contribution in [2.75, 3.05) is 11.9 Å². The maximum atomic E-state index is 12.7. The highest BCUT2D eigenvalue weighted by Gasteiger charge is 2.27. The van der Waals surface area contributed by atoms with E-state index in [9.17, 15) is 14.9 Å². The lowest BCUT2D eigenvalue weighted by atomic mass is 9.88. The van der Waals surface area contributed by atoms with Crippen molar-refractivity contribution in [3.05, 3.63) is 51.4 Å². The Morgan fingerprint density at radius 2 is 2.10 bits per heavy atom. The zero-order valence-corrected chi connectivity index (χ0v) is 17.3. The summed E-state index contributed by atoms with van der Waals surface area (Å²) in [6.45, 7) is 4.63. The third kappa shape index (κ3) is 4.66. The molecule has 7 heteroatoms. The van der Waals surface area contributed by atoms with Gasteiger partial charge >= 0.3 is 0 Å². The second-order valence-corrected chi connectivity index (χ2v) is 8.15. The largest absolute Gasteiger partial charge is 0.494 e. The molecule has 1 aliphatic rings. The highest BCUT2D eigenvalue weighted by Crippen LogP contribution is 2.39. The van der Waals surface area contributed by atoms with Gasteiger partial charge in [-0.25, -0.2) is 0 Å². The van der Waals surface area contributed by atoms with Gasteiger partial charge in [-0.2, -0.15) is 5.26 Å². The first kappa shape index (κ1) is 20.6. The van der Waals surface area contributed by atoms with Gasteiger partial charge in [0.1, 0.15) is 22.4 Å². The monoisotopic (exact) mass is 409 g/mol. The number of hydrogen-bond acceptors (Lipinski definition) is 5. The Balaban J connectivity index is 1.85. The van der Waals surface area contributed by atoms with Crippen molar-refractivity contribution < 1.29 is 14.3 Å². The number of thiophene rings is 1. The summed E-state index contributed by atoms with van der Waals surface area (Å²) >= 11 is 1.38. The van der Waals surface area contributed by atoms with Crippen LogP contribution in [0.25, 0.3) is 6.08 Å². The highest BCUT2D eigenvalue weighted by molar-refractivity contribution is 7.17. The van der Waals surface area contributed by atoms with Crippen LogP contribution in [-0.4, -0.2) is 18.4 Å². The summed E-state index contributed by atoms with van der Waals surface area (Å²) < 4.78 is 5.39. The molecule has 0 saturated carbocycles. The molecule has 1 aromatic heterocycles. The molecule has 2 aromatic rings. The van der Waals surface area contributed by atoms with E-state index in [2.05, 4.69) is 12.2 Å². The first-order valence-electron chi connectivity index (χ1n) is 9.53. The average molecular weight is 410 g/mol. The van der Waals surface area contributed by atoms with Gasteiger partial charge in [0.25, 0.3) is 11.8 Å². The lowest BCUT2D eigenvalue weighted by Gasteiger charge is -2.18. The summed E-state index contributed by atoms with van der Waals surface area (Å²) in [5.74, 6) is 0.133. The van der Waals surface area contributed by atoms with Crippen LogP contribution in [0.2, 0.25) is 0 Å². The lowest BCUT2D eigenvalue weighted by Crippen LogP contribution is -2.19. The fraction of sp³-hybridized carbons (Fsp3) is 0.318. The Kier molecular flexibility index (Phi) is 6.35. The van der Waals surface area contributed by atoms with Crippen molar-refractivity contribution in [3.8, 4) is 11.8 Å². The quantitative estimate of drug-likeness (QED) is 0.557. The molecule has 2 amide bonds. The van der Waals surface area contributed by atoms with Crippen LogP contribution in [0.5, 0.6) is 5.75 Å². The molecule has 0 spiro atoms. The lowest BCUT2D eigenvalue weighted by molar-refractivity contribution is -0.112. The molecule has 1 aromatic carbocycles. The Hall–Kier alpha value is -3.11. The molecule has 1 unspecified atom stereocenters. The number of nitrogens with two attached hydrogens (primary N) is 1. The molecule has 29 heavy (non-hydrogen) atoms. The number of amides is 2. The van der Waals surface area contributed by atoms with Crippen LogP contribution in [0, 0.1) is 17.2 Å². The van der Waals surface area contributed by atoms with Crippen LogP contribution in [0.15, 0.2) is 29.8 Å². The minimum absolute atomic E-state index is 0.0516. The molecule has 3 rings (SSSR count). The molecular weight excluding hydrogens is 386 g/mol. The van der Waals surface area contributed by atoms with Gasteiger partial charge in [-0.05, 0) is 61.4 Å². The molecule has 6 nitrogen and oxygen atoms in total. The average Bonchev–Trinajstić information content (AvgIpc) is 3.04. The van der Waals surface area contributed by atoms with E-state index in [4.69, 9.17) is 10.5 Å². The number of benzene rings is 1. The van der Waals surface area contributed by atoms with Crippen molar-refractivity contribution in [2.45, 2.75) is 33.1 Å². The van der Waals surface area contributed by atoms with Gasteiger partial charge in [0.2, 0.25) is 0 Å². The van der Waals surface area contributed by atoms with Crippen molar-refractivity contribution >= 4 is 34.2 Å². The normalized spacial score (nSPS) is 15.9. The van der Waals surface area contributed by atoms with E-state index in [1.54, 1.807) is 24.3 Å². The van der Waals surface area contributed by atoms with Gasteiger partial charge in [-0.3, -0.25) is 9.59 Å². The number of nitriles is 1. The van der Waals surface area contributed by atoms with Crippen LogP contribution in [0.4, 0.5) is 5.00 Å². The SMILES string of the molecule is CCOc1ccc(/C=C(\C#N)C(=O)Nc2sc3c(c2C(N)=O)CCC(C)C3)cc1. The second kappa shape index (κ2) is 8.93. The predicted molar refractivity (Wildman–Crippen MR) is 114 cm³/mol. The number of carbonyl (C=O) groups is 2. The number of nitrogens with zero attached hydrogens (tertiary/aromatic N) is 1. The Morgan fingerprint density at radius 3 is 2.72 bits per heavy atom. The molecule has 3 N–H and O–H groups in total. The number of primary amides is 1. The molecule has 0 radical (unpaired) electrons. The molecule has 1 atom stereocenters. The second-order valence-electron chi connectivity index (χ2n) is 7.05. The zero-order chi connectivity index (χ0) is 21.0. The third-order valence-electron chi connectivity index (χ3n) is 4.85. The Morgan fingerprint density at radius 1 is 1.38 bits per heavy atom. The van der Waals surface area contributed by atoms with E-state index in [0.717, 1.165) is 35.5 Å². The fourth-order valence-corrected chi connectivity index (χ4v) is 4.82.